The number of nitrogens with one attached hydrogen (secondary N) is 1. The molecular weight excluding hydrogens is 312 g/mol. The van der Waals surface area contributed by atoms with Gasteiger partial charge in [0, 0.05) is 28.3 Å². The predicted octanol–water partition coefficient (Wildman–Crippen LogP) is 4.10. The van der Waals surface area contributed by atoms with Crippen molar-refractivity contribution in [1.29, 1.82) is 0 Å². The van der Waals surface area contributed by atoms with Gasteiger partial charge >= 0.3 is 0 Å². The van der Waals surface area contributed by atoms with Crippen molar-refractivity contribution in [3.05, 3.63) is 62.8 Å². The van der Waals surface area contributed by atoms with Gasteiger partial charge < -0.3 is 5.32 Å². The summed E-state index contributed by atoms with van der Waals surface area (Å²) in [6.07, 6.45) is 0. The molecule has 2 rings (SSSR count). The van der Waals surface area contributed by atoms with Gasteiger partial charge in [0.25, 0.3) is 0 Å². The number of pyridine rings is 1. The van der Waals surface area contributed by atoms with Gasteiger partial charge in [-0.2, -0.15) is 0 Å². The van der Waals surface area contributed by atoms with E-state index in [-0.39, 0.29) is 0 Å². The van der Waals surface area contributed by atoms with Crippen LogP contribution in [0, 0.1) is 6.92 Å². The van der Waals surface area contributed by atoms with Crippen molar-refractivity contribution < 1.29 is 0 Å². The summed E-state index contributed by atoms with van der Waals surface area (Å²) in [5.74, 6) is 0. The molecule has 0 saturated carbocycles. The fraction of sp³-hybridized carbons (Fsp3) is 0.214. The number of nitrogens with zero attached hydrogens (tertiary/aromatic N) is 1. The van der Waals surface area contributed by atoms with Crippen LogP contribution in [0.2, 0.25) is 5.02 Å². The van der Waals surface area contributed by atoms with Crippen molar-refractivity contribution in [3.63, 3.8) is 0 Å². The minimum absolute atomic E-state index is 0.738. The maximum atomic E-state index is 6.15. The van der Waals surface area contributed by atoms with Gasteiger partial charge in [-0.1, -0.05) is 39.7 Å². The highest BCUT2D eigenvalue weighted by Crippen LogP contribution is 2.21. The summed E-state index contributed by atoms with van der Waals surface area (Å²) < 4.78 is 0.997. The van der Waals surface area contributed by atoms with E-state index in [0.29, 0.717) is 0 Å². The van der Waals surface area contributed by atoms with Crippen molar-refractivity contribution >= 4 is 27.5 Å². The van der Waals surface area contributed by atoms with Crippen LogP contribution in [0.3, 0.4) is 0 Å². The van der Waals surface area contributed by atoms with E-state index in [1.807, 2.05) is 43.3 Å². The summed E-state index contributed by atoms with van der Waals surface area (Å²) in [6.45, 7) is 3.48. The molecule has 1 heterocycles. The van der Waals surface area contributed by atoms with Gasteiger partial charge in [-0.25, -0.2) is 0 Å². The number of hydrogen-bond donors (Lipinski definition) is 1. The van der Waals surface area contributed by atoms with E-state index >= 15 is 0 Å². The maximum absolute atomic E-state index is 6.15. The molecule has 0 aliphatic heterocycles. The van der Waals surface area contributed by atoms with Crippen molar-refractivity contribution in [2.45, 2.75) is 20.0 Å². The van der Waals surface area contributed by atoms with Gasteiger partial charge in [-0.05, 0) is 36.8 Å². The number of aryl methyl sites for hydroxylation is 1. The van der Waals surface area contributed by atoms with E-state index in [4.69, 9.17) is 11.6 Å². The summed E-state index contributed by atoms with van der Waals surface area (Å²) in [5, 5.41) is 4.12. The lowest BCUT2D eigenvalue weighted by Gasteiger charge is -2.07. The molecule has 0 atom stereocenters. The Kier molecular flexibility index (Phi) is 4.75. The zero-order chi connectivity index (χ0) is 13.0. The number of hydrogen-bond acceptors (Lipinski definition) is 2. The van der Waals surface area contributed by atoms with E-state index in [9.17, 15) is 0 Å². The van der Waals surface area contributed by atoms with Crippen LogP contribution < -0.4 is 5.32 Å². The zero-order valence-electron chi connectivity index (χ0n) is 10.1. The Balaban J connectivity index is 1.92. The van der Waals surface area contributed by atoms with Gasteiger partial charge in [0.1, 0.15) is 0 Å². The van der Waals surface area contributed by atoms with E-state index in [2.05, 4.69) is 26.2 Å². The highest BCUT2D eigenvalue weighted by atomic mass is 79.9. The van der Waals surface area contributed by atoms with Gasteiger partial charge in [0.05, 0.1) is 5.69 Å². The summed E-state index contributed by atoms with van der Waals surface area (Å²) in [6, 6.07) is 11.9. The van der Waals surface area contributed by atoms with E-state index in [1.54, 1.807) is 0 Å². The third-order valence-corrected chi connectivity index (χ3v) is 3.43. The molecule has 0 radical (unpaired) electrons. The molecule has 0 aliphatic carbocycles. The van der Waals surface area contributed by atoms with Crippen LogP contribution in [0.15, 0.2) is 40.9 Å². The fourth-order valence-corrected chi connectivity index (χ4v) is 2.43. The molecule has 0 unspecified atom stereocenters. The maximum Gasteiger partial charge on any atom is 0.0544 e. The molecule has 0 fully saturated rings. The van der Waals surface area contributed by atoms with Gasteiger partial charge in [-0.3, -0.25) is 4.98 Å². The quantitative estimate of drug-likeness (QED) is 0.915. The molecule has 1 aromatic heterocycles. The summed E-state index contributed by atoms with van der Waals surface area (Å²) in [5.41, 5.74) is 3.17. The normalized spacial score (nSPS) is 10.6. The van der Waals surface area contributed by atoms with Crippen LogP contribution in [0.25, 0.3) is 0 Å². The Morgan fingerprint density at radius 1 is 1.22 bits per heavy atom. The van der Waals surface area contributed by atoms with Crippen molar-refractivity contribution in [2.24, 2.45) is 0 Å². The Morgan fingerprint density at radius 3 is 2.78 bits per heavy atom. The predicted molar refractivity (Wildman–Crippen MR) is 78.7 cm³/mol. The topological polar surface area (TPSA) is 24.9 Å². The third kappa shape index (κ3) is 3.80. The number of aromatic nitrogens is 1. The molecule has 0 amide bonds. The lowest BCUT2D eigenvalue weighted by atomic mass is 10.2. The van der Waals surface area contributed by atoms with E-state index in [0.717, 1.165) is 39.5 Å². The Hall–Kier alpha value is -0.900. The first-order valence-corrected chi connectivity index (χ1v) is 6.89. The second-order valence-electron chi connectivity index (χ2n) is 4.11. The molecule has 2 nitrogen and oxygen atoms in total. The number of benzene rings is 1. The molecule has 0 bridgehead atoms. The first kappa shape index (κ1) is 13.5. The van der Waals surface area contributed by atoms with Gasteiger partial charge in [-0.15, -0.1) is 0 Å². The molecule has 2 aromatic rings. The van der Waals surface area contributed by atoms with Crippen LogP contribution in [0.1, 0.15) is 17.0 Å². The molecule has 18 heavy (non-hydrogen) atoms. The second-order valence-corrected chi connectivity index (χ2v) is 5.43. The lowest BCUT2D eigenvalue weighted by molar-refractivity contribution is 0.678. The monoisotopic (exact) mass is 324 g/mol. The van der Waals surface area contributed by atoms with Gasteiger partial charge in [0.2, 0.25) is 0 Å². The van der Waals surface area contributed by atoms with E-state index in [1.165, 1.54) is 0 Å². The SMILES string of the molecule is Cc1cccc(CNCc2ccc(Br)cc2Cl)n1. The first-order chi connectivity index (χ1) is 8.65. The zero-order valence-corrected chi connectivity index (χ0v) is 12.4. The standard InChI is InChI=1S/C14H14BrClN2/c1-10-3-2-4-13(18-10)9-17-8-11-5-6-12(15)7-14(11)16/h2-7,17H,8-9H2,1H3. The largest absolute Gasteiger partial charge is 0.307 e. The van der Waals surface area contributed by atoms with Crippen LogP contribution >= 0.6 is 27.5 Å². The Morgan fingerprint density at radius 2 is 2.06 bits per heavy atom. The van der Waals surface area contributed by atoms with E-state index < -0.39 is 0 Å². The molecule has 0 aliphatic rings. The molecule has 0 saturated heterocycles. The summed E-state index contributed by atoms with van der Waals surface area (Å²) >= 11 is 9.55. The average molecular weight is 326 g/mol. The van der Waals surface area contributed by atoms with Crippen LogP contribution in [-0.2, 0) is 13.1 Å². The Bertz CT molecular complexity index is 543. The molecule has 0 spiro atoms. The highest BCUT2D eigenvalue weighted by Gasteiger charge is 2.01. The van der Waals surface area contributed by atoms with Crippen molar-refractivity contribution in [1.82, 2.24) is 10.3 Å². The molecule has 94 valence electrons. The highest BCUT2D eigenvalue weighted by molar-refractivity contribution is 9.10. The molecule has 1 N–H and O–H groups in total. The van der Waals surface area contributed by atoms with Crippen LogP contribution in [0.4, 0.5) is 0 Å². The summed E-state index contributed by atoms with van der Waals surface area (Å²) in [7, 11) is 0. The van der Waals surface area contributed by atoms with Crippen molar-refractivity contribution in [3.8, 4) is 0 Å². The van der Waals surface area contributed by atoms with Crippen molar-refractivity contribution in [2.75, 3.05) is 0 Å². The first-order valence-electron chi connectivity index (χ1n) is 5.72. The van der Waals surface area contributed by atoms with Crippen LogP contribution in [-0.4, -0.2) is 4.98 Å². The van der Waals surface area contributed by atoms with Gasteiger partial charge in [0.15, 0.2) is 0 Å². The number of rotatable bonds is 4. The summed E-state index contributed by atoms with van der Waals surface area (Å²) in [4.78, 5) is 4.44. The average Bonchev–Trinajstić information content (AvgIpc) is 2.32. The minimum atomic E-state index is 0.738. The molecular formula is C14H14BrClN2. The fourth-order valence-electron chi connectivity index (χ4n) is 1.69. The lowest BCUT2D eigenvalue weighted by Crippen LogP contribution is -2.14. The smallest absolute Gasteiger partial charge is 0.0544 e. The molecule has 4 heteroatoms. The third-order valence-electron chi connectivity index (χ3n) is 2.58. The van der Waals surface area contributed by atoms with Crippen LogP contribution in [0.5, 0.6) is 0 Å². The Labute approximate surface area is 121 Å². The number of halogens is 2. The second kappa shape index (κ2) is 6.32. The molecule has 1 aromatic carbocycles. The minimum Gasteiger partial charge on any atom is -0.307 e.